The van der Waals surface area contributed by atoms with E-state index in [0.717, 1.165) is 0 Å². The molecule has 0 aromatic heterocycles. The van der Waals surface area contributed by atoms with Crippen LogP contribution in [0.3, 0.4) is 0 Å². The molecule has 1 saturated heterocycles. The second-order valence-corrected chi connectivity index (χ2v) is 6.16. The zero-order valence-corrected chi connectivity index (χ0v) is 15.4. The van der Waals surface area contributed by atoms with E-state index in [1.54, 1.807) is 12.1 Å². The van der Waals surface area contributed by atoms with Crippen LogP contribution in [0.25, 0.3) is 0 Å². The van der Waals surface area contributed by atoms with Gasteiger partial charge in [0.1, 0.15) is 11.8 Å². The number of imide groups is 1. The zero-order valence-electron chi connectivity index (χ0n) is 15.4. The lowest BCUT2D eigenvalue weighted by molar-refractivity contribution is -0.148. The third kappa shape index (κ3) is 5.68. The summed E-state index contributed by atoms with van der Waals surface area (Å²) in [6, 6.07) is 4.75. The van der Waals surface area contributed by atoms with E-state index in [1.165, 1.54) is 17.0 Å². The van der Waals surface area contributed by atoms with Gasteiger partial charge in [0.05, 0.1) is 12.2 Å². The van der Waals surface area contributed by atoms with Crippen LogP contribution in [0.5, 0.6) is 5.75 Å². The molecular formula is C18H24N4O6. The van der Waals surface area contributed by atoms with E-state index < -0.39 is 36.5 Å². The van der Waals surface area contributed by atoms with Gasteiger partial charge in [-0.15, -0.1) is 0 Å². The Morgan fingerprint density at radius 1 is 1.21 bits per heavy atom. The smallest absolute Gasteiger partial charge is 0.328 e. The van der Waals surface area contributed by atoms with Crippen LogP contribution in [0.1, 0.15) is 29.6 Å². The van der Waals surface area contributed by atoms with Crippen molar-refractivity contribution in [2.24, 2.45) is 11.5 Å². The van der Waals surface area contributed by atoms with Crippen molar-refractivity contribution in [3.8, 4) is 5.75 Å². The van der Waals surface area contributed by atoms with E-state index in [2.05, 4.69) is 5.32 Å². The lowest BCUT2D eigenvalue weighted by Crippen LogP contribution is -2.49. The Morgan fingerprint density at radius 3 is 2.68 bits per heavy atom. The van der Waals surface area contributed by atoms with E-state index in [0.29, 0.717) is 32.4 Å². The molecule has 1 aromatic carbocycles. The number of nitrogens with two attached hydrogens (primary N) is 2. The summed E-state index contributed by atoms with van der Waals surface area (Å²) in [6.45, 7) is 0.430. The SMILES string of the molecule is NCCCOC(=O)[C@@H]1CCCN1C(=O)NC(=O)COc1ccccc1C(N)=O. The average Bonchev–Trinajstić information content (AvgIpc) is 3.16. The molecule has 1 heterocycles. The number of carbonyl (C=O) groups excluding carboxylic acids is 4. The van der Waals surface area contributed by atoms with Gasteiger partial charge in [-0.05, 0) is 37.9 Å². The number of para-hydroxylation sites is 1. The maximum atomic E-state index is 12.3. The molecule has 0 unspecified atom stereocenters. The molecule has 1 aromatic rings. The normalized spacial score (nSPS) is 15.8. The Hall–Kier alpha value is -3.14. The van der Waals surface area contributed by atoms with E-state index in [9.17, 15) is 19.2 Å². The van der Waals surface area contributed by atoms with Crippen LogP contribution < -0.4 is 21.5 Å². The number of benzene rings is 1. The Bertz CT molecular complexity index is 739. The van der Waals surface area contributed by atoms with Gasteiger partial charge in [0, 0.05) is 6.54 Å². The molecule has 0 radical (unpaired) electrons. The maximum Gasteiger partial charge on any atom is 0.328 e. The Balaban J connectivity index is 1.87. The van der Waals surface area contributed by atoms with Crippen molar-refractivity contribution in [3.63, 3.8) is 0 Å². The molecule has 1 fully saturated rings. The van der Waals surface area contributed by atoms with Crippen LogP contribution in [0, 0.1) is 0 Å². The standard InChI is InChI=1S/C18H24N4O6/c19-8-4-10-27-17(25)13-6-3-9-22(13)18(26)21-15(23)11-28-14-7-2-1-5-12(14)16(20)24/h1-2,5,7,13H,3-4,6,8-11,19H2,(H2,20,24)(H,21,23,26)/t13-/m0/s1. The summed E-state index contributed by atoms with van der Waals surface area (Å²) in [5.41, 5.74) is 10.7. The number of primary amides is 1. The molecule has 5 N–H and O–H groups in total. The van der Waals surface area contributed by atoms with Gasteiger partial charge in [0.25, 0.3) is 11.8 Å². The number of hydrogen-bond acceptors (Lipinski definition) is 7. The first-order chi connectivity index (χ1) is 13.4. The molecule has 2 rings (SSSR count). The second-order valence-electron chi connectivity index (χ2n) is 6.16. The fourth-order valence-electron chi connectivity index (χ4n) is 2.77. The minimum absolute atomic E-state index is 0.126. The van der Waals surface area contributed by atoms with Gasteiger partial charge in [0.15, 0.2) is 6.61 Å². The first kappa shape index (κ1) is 21.2. The van der Waals surface area contributed by atoms with Gasteiger partial charge < -0.3 is 25.8 Å². The number of likely N-dealkylation sites (tertiary alicyclic amines) is 1. The molecule has 1 aliphatic heterocycles. The van der Waals surface area contributed by atoms with Crippen molar-refractivity contribution in [1.29, 1.82) is 0 Å². The molecule has 10 heteroatoms. The number of nitrogens with zero attached hydrogens (tertiary/aromatic N) is 1. The maximum absolute atomic E-state index is 12.3. The molecule has 4 amide bonds. The predicted octanol–water partition coefficient (Wildman–Crippen LogP) is -0.243. The van der Waals surface area contributed by atoms with Gasteiger partial charge >= 0.3 is 12.0 Å². The first-order valence-electron chi connectivity index (χ1n) is 8.92. The van der Waals surface area contributed by atoms with Crippen molar-refractivity contribution in [3.05, 3.63) is 29.8 Å². The fourth-order valence-corrected chi connectivity index (χ4v) is 2.77. The molecule has 1 aliphatic rings. The second kappa shape index (κ2) is 10.3. The van der Waals surface area contributed by atoms with Crippen LogP contribution in [-0.2, 0) is 14.3 Å². The summed E-state index contributed by atoms with van der Waals surface area (Å²) in [7, 11) is 0. The first-order valence-corrected chi connectivity index (χ1v) is 8.92. The number of carbonyl (C=O) groups is 4. The summed E-state index contributed by atoms with van der Waals surface area (Å²) >= 11 is 0. The molecular weight excluding hydrogens is 368 g/mol. The van der Waals surface area contributed by atoms with Gasteiger partial charge in [-0.3, -0.25) is 14.9 Å². The molecule has 1 atom stereocenters. The van der Waals surface area contributed by atoms with E-state index in [4.69, 9.17) is 20.9 Å². The van der Waals surface area contributed by atoms with Crippen molar-refractivity contribution < 1.29 is 28.7 Å². The topological polar surface area (TPSA) is 154 Å². The Labute approximate surface area is 162 Å². The summed E-state index contributed by atoms with van der Waals surface area (Å²) in [5, 5.41) is 2.17. The number of esters is 1. The minimum atomic E-state index is -0.734. The van der Waals surface area contributed by atoms with Gasteiger partial charge in [-0.2, -0.15) is 0 Å². The third-order valence-electron chi connectivity index (χ3n) is 4.14. The minimum Gasteiger partial charge on any atom is -0.483 e. The largest absolute Gasteiger partial charge is 0.483 e. The van der Waals surface area contributed by atoms with Crippen LogP contribution in [0.4, 0.5) is 4.79 Å². The lowest BCUT2D eigenvalue weighted by Gasteiger charge is -2.23. The summed E-state index contributed by atoms with van der Waals surface area (Å²) in [4.78, 5) is 49.0. The lowest BCUT2D eigenvalue weighted by atomic mass is 10.2. The van der Waals surface area contributed by atoms with Crippen LogP contribution in [0.15, 0.2) is 24.3 Å². The molecule has 10 nitrogen and oxygen atoms in total. The van der Waals surface area contributed by atoms with Gasteiger partial charge in [0.2, 0.25) is 0 Å². The quantitative estimate of drug-likeness (QED) is 0.407. The van der Waals surface area contributed by atoms with Gasteiger partial charge in [-0.25, -0.2) is 9.59 Å². The summed E-state index contributed by atoms with van der Waals surface area (Å²) < 4.78 is 10.4. The van der Waals surface area contributed by atoms with Crippen molar-refractivity contribution in [2.75, 3.05) is 26.3 Å². The highest BCUT2D eigenvalue weighted by atomic mass is 16.5. The third-order valence-corrected chi connectivity index (χ3v) is 4.14. The number of rotatable bonds is 8. The monoisotopic (exact) mass is 392 g/mol. The predicted molar refractivity (Wildman–Crippen MR) is 98.4 cm³/mol. The highest BCUT2D eigenvalue weighted by molar-refractivity contribution is 5.97. The zero-order chi connectivity index (χ0) is 20.5. The average molecular weight is 392 g/mol. The number of urea groups is 1. The van der Waals surface area contributed by atoms with E-state index in [-0.39, 0.29) is 17.9 Å². The van der Waals surface area contributed by atoms with Crippen LogP contribution in [0.2, 0.25) is 0 Å². The Kier molecular flexibility index (Phi) is 7.76. The highest BCUT2D eigenvalue weighted by Crippen LogP contribution is 2.19. The molecule has 152 valence electrons. The summed E-state index contributed by atoms with van der Waals surface area (Å²) in [5.74, 6) is -1.79. The molecule has 28 heavy (non-hydrogen) atoms. The summed E-state index contributed by atoms with van der Waals surface area (Å²) in [6.07, 6.45) is 1.62. The molecule has 0 saturated carbocycles. The number of hydrogen-bond donors (Lipinski definition) is 3. The van der Waals surface area contributed by atoms with Crippen molar-refractivity contribution in [1.82, 2.24) is 10.2 Å². The Morgan fingerprint density at radius 2 is 1.96 bits per heavy atom. The fraction of sp³-hybridized carbons (Fsp3) is 0.444. The van der Waals surface area contributed by atoms with Gasteiger partial charge in [-0.1, -0.05) is 12.1 Å². The van der Waals surface area contributed by atoms with Crippen molar-refractivity contribution >= 4 is 23.8 Å². The number of ether oxygens (including phenoxy) is 2. The van der Waals surface area contributed by atoms with E-state index >= 15 is 0 Å². The molecule has 0 aliphatic carbocycles. The molecule has 0 spiro atoms. The van der Waals surface area contributed by atoms with Crippen LogP contribution >= 0.6 is 0 Å². The van der Waals surface area contributed by atoms with E-state index in [1.807, 2.05) is 0 Å². The number of amides is 4. The molecule has 0 bridgehead atoms. The van der Waals surface area contributed by atoms with Crippen molar-refractivity contribution in [2.45, 2.75) is 25.3 Å². The van der Waals surface area contributed by atoms with Crippen LogP contribution in [-0.4, -0.2) is 61.1 Å². The number of nitrogens with one attached hydrogen (secondary N) is 1. The highest BCUT2D eigenvalue weighted by Gasteiger charge is 2.35.